The highest BCUT2D eigenvalue weighted by Gasteiger charge is 2.09. The Morgan fingerprint density at radius 2 is 1.87 bits per heavy atom. The largest absolute Gasteiger partial charge is 0.506 e. The van der Waals surface area contributed by atoms with Crippen molar-refractivity contribution in [2.45, 2.75) is 19.8 Å². The molecule has 1 heterocycles. The van der Waals surface area contributed by atoms with Crippen LogP contribution in [0.1, 0.15) is 24.5 Å². The van der Waals surface area contributed by atoms with Crippen LogP contribution in [0.2, 0.25) is 0 Å². The lowest BCUT2D eigenvalue weighted by Gasteiger charge is -2.05. The maximum Gasteiger partial charge on any atom is 0.261 e. The van der Waals surface area contributed by atoms with Crippen LogP contribution < -0.4 is 5.56 Å². The lowest BCUT2D eigenvalue weighted by Crippen LogP contribution is -2.12. The molecule has 3 aromatic rings. The Bertz CT molecular complexity index is 926. The predicted octanol–water partition coefficient (Wildman–Crippen LogP) is 3.94. The summed E-state index contributed by atoms with van der Waals surface area (Å²) in [6.07, 6.45) is 3.39. The first-order chi connectivity index (χ1) is 11.2. The number of hydrogen-bond acceptors (Lipinski definition) is 3. The smallest absolute Gasteiger partial charge is 0.261 e. The molecule has 0 fully saturated rings. The van der Waals surface area contributed by atoms with Crippen molar-refractivity contribution in [1.82, 2.24) is 4.98 Å². The summed E-state index contributed by atoms with van der Waals surface area (Å²) in [5.41, 5.74) is 2.38. The van der Waals surface area contributed by atoms with E-state index in [0.29, 0.717) is 10.9 Å². The standard InChI is InChI=1S/C19H18N2O2/c1-2-7-13-8-3-5-10-16(13)20-12-15-18(22)14-9-4-6-11-17(14)21-19(15)23/h3-6,8-12H,2,7H2,1H3,(H2,21,22,23). The van der Waals surface area contributed by atoms with Gasteiger partial charge < -0.3 is 10.1 Å². The number of H-pyrrole nitrogens is 1. The van der Waals surface area contributed by atoms with Crippen LogP contribution in [0.5, 0.6) is 5.75 Å². The number of hydrogen-bond donors (Lipinski definition) is 2. The average molecular weight is 306 g/mol. The zero-order valence-electron chi connectivity index (χ0n) is 12.9. The number of aromatic nitrogens is 1. The van der Waals surface area contributed by atoms with Crippen molar-refractivity contribution in [3.8, 4) is 5.75 Å². The molecule has 2 aromatic carbocycles. The molecule has 0 aliphatic rings. The summed E-state index contributed by atoms with van der Waals surface area (Å²) in [4.78, 5) is 19.4. The number of benzene rings is 2. The highest BCUT2D eigenvalue weighted by molar-refractivity contribution is 5.95. The molecular formula is C19H18N2O2. The number of aryl methyl sites for hydroxylation is 1. The molecule has 4 nitrogen and oxygen atoms in total. The SMILES string of the molecule is CCCc1ccccc1N=Cc1c(O)c2ccccc2[nH]c1=O. The number of aliphatic imine (C=N–C) groups is 1. The Labute approximate surface area is 134 Å². The molecular weight excluding hydrogens is 288 g/mol. The van der Waals surface area contributed by atoms with Crippen molar-refractivity contribution in [2.24, 2.45) is 4.99 Å². The molecule has 2 N–H and O–H groups in total. The van der Waals surface area contributed by atoms with Gasteiger partial charge in [-0.25, -0.2) is 0 Å². The highest BCUT2D eigenvalue weighted by Crippen LogP contribution is 2.25. The first kappa shape index (κ1) is 15.0. The molecule has 0 unspecified atom stereocenters. The topological polar surface area (TPSA) is 65.5 Å². The zero-order valence-corrected chi connectivity index (χ0v) is 12.9. The monoisotopic (exact) mass is 306 g/mol. The molecule has 4 heteroatoms. The molecule has 3 rings (SSSR count). The number of aromatic amines is 1. The fourth-order valence-electron chi connectivity index (χ4n) is 2.61. The van der Waals surface area contributed by atoms with Gasteiger partial charge >= 0.3 is 0 Å². The van der Waals surface area contributed by atoms with Gasteiger partial charge in [0.1, 0.15) is 11.3 Å². The van der Waals surface area contributed by atoms with Crippen LogP contribution in [0.4, 0.5) is 5.69 Å². The second-order valence-electron chi connectivity index (χ2n) is 5.40. The molecule has 0 bridgehead atoms. The van der Waals surface area contributed by atoms with E-state index in [1.807, 2.05) is 36.4 Å². The van der Waals surface area contributed by atoms with Crippen LogP contribution in [-0.4, -0.2) is 16.3 Å². The quantitative estimate of drug-likeness (QED) is 0.717. The van der Waals surface area contributed by atoms with E-state index in [-0.39, 0.29) is 16.9 Å². The number of aromatic hydroxyl groups is 1. The molecule has 0 radical (unpaired) electrons. The molecule has 23 heavy (non-hydrogen) atoms. The Kier molecular flexibility index (Phi) is 4.24. The van der Waals surface area contributed by atoms with Crippen LogP contribution in [0, 0.1) is 0 Å². The van der Waals surface area contributed by atoms with Gasteiger partial charge in [-0.05, 0) is 30.2 Å². The van der Waals surface area contributed by atoms with Crippen LogP contribution in [0.3, 0.4) is 0 Å². The molecule has 0 amide bonds. The van der Waals surface area contributed by atoms with Crippen molar-refractivity contribution in [3.63, 3.8) is 0 Å². The van der Waals surface area contributed by atoms with Gasteiger partial charge in [0.15, 0.2) is 0 Å². The van der Waals surface area contributed by atoms with Gasteiger partial charge in [-0.3, -0.25) is 9.79 Å². The number of nitrogens with zero attached hydrogens (tertiary/aromatic N) is 1. The van der Waals surface area contributed by atoms with Crippen molar-refractivity contribution >= 4 is 22.8 Å². The summed E-state index contributed by atoms with van der Waals surface area (Å²) in [7, 11) is 0. The van der Waals surface area contributed by atoms with Gasteiger partial charge in [0.2, 0.25) is 0 Å². The maximum atomic E-state index is 12.2. The second kappa shape index (κ2) is 6.48. The molecule has 116 valence electrons. The van der Waals surface area contributed by atoms with Gasteiger partial charge in [-0.15, -0.1) is 0 Å². The van der Waals surface area contributed by atoms with Crippen molar-refractivity contribution in [1.29, 1.82) is 0 Å². The molecule has 0 saturated heterocycles. The Hall–Kier alpha value is -2.88. The predicted molar refractivity (Wildman–Crippen MR) is 93.9 cm³/mol. The molecule has 0 saturated carbocycles. The lowest BCUT2D eigenvalue weighted by molar-refractivity contribution is 0.479. The Morgan fingerprint density at radius 1 is 1.13 bits per heavy atom. The Morgan fingerprint density at radius 3 is 2.70 bits per heavy atom. The normalized spacial score (nSPS) is 11.3. The second-order valence-corrected chi connectivity index (χ2v) is 5.40. The summed E-state index contributed by atoms with van der Waals surface area (Å²) < 4.78 is 0. The maximum absolute atomic E-state index is 12.2. The van der Waals surface area contributed by atoms with Crippen LogP contribution >= 0.6 is 0 Å². The van der Waals surface area contributed by atoms with Crippen molar-refractivity contribution in [3.05, 3.63) is 70.0 Å². The van der Waals surface area contributed by atoms with Crippen LogP contribution in [0.25, 0.3) is 10.9 Å². The first-order valence-electron chi connectivity index (χ1n) is 7.66. The van der Waals surface area contributed by atoms with Gasteiger partial charge in [0.25, 0.3) is 5.56 Å². The van der Waals surface area contributed by atoms with Crippen LogP contribution in [0.15, 0.2) is 58.3 Å². The van der Waals surface area contributed by atoms with Gasteiger partial charge in [-0.2, -0.15) is 0 Å². The van der Waals surface area contributed by atoms with E-state index >= 15 is 0 Å². The molecule has 1 aromatic heterocycles. The first-order valence-corrected chi connectivity index (χ1v) is 7.66. The van der Waals surface area contributed by atoms with E-state index in [2.05, 4.69) is 16.9 Å². The van der Waals surface area contributed by atoms with Crippen molar-refractivity contribution in [2.75, 3.05) is 0 Å². The Balaban J connectivity index is 2.07. The van der Waals surface area contributed by atoms with Gasteiger partial charge in [0, 0.05) is 11.6 Å². The van der Waals surface area contributed by atoms with E-state index in [1.54, 1.807) is 12.1 Å². The van der Waals surface area contributed by atoms with E-state index in [1.165, 1.54) is 6.21 Å². The molecule has 0 spiro atoms. The summed E-state index contributed by atoms with van der Waals surface area (Å²) >= 11 is 0. The van der Waals surface area contributed by atoms with Crippen LogP contribution in [-0.2, 0) is 6.42 Å². The van der Waals surface area contributed by atoms with E-state index in [0.717, 1.165) is 24.1 Å². The molecule has 0 aliphatic carbocycles. The van der Waals surface area contributed by atoms with Crippen molar-refractivity contribution < 1.29 is 5.11 Å². The van der Waals surface area contributed by atoms with Gasteiger partial charge in [-0.1, -0.05) is 43.7 Å². The summed E-state index contributed by atoms with van der Waals surface area (Å²) in [6, 6.07) is 15.0. The van der Waals surface area contributed by atoms with E-state index in [4.69, 9.17) is 0 Å². The average Bonchev–Trinajstić information content (AvgIpc) is 2.56. The summed E-state index contributed by atoms with van der Waals surface area (Å²) in [6.45, 7) is 2.11. The number of rotatable bonds is 4. The number of fused-ring (bicyclic) bond motifs is 1. The number of pyridine rings is 1. The van der Waals surface area contributed by atoms with Gasteiger partial charge in [0.05, 0.1) is 11.2 Å². The number of para-hydroxylation sites is 2. The summed E-state index contributed by atoms with van der Waals surface area (Å²) in [5.74, 6) is -0.0407. The molecule has 0 atom stereocenters. The minimum absolute atomic E-state index is 0.0407. The van der Waals surface area contributed by atoms with E-state index in [9.17, 15) is 9.90 Å². The fourth-order valence-corrected chi connectivity index (χ4v) is 2.61. The minimum atomic E-state index is -0.349. The summed E-state index contributed by atoms with van der Waals surface area (Å²) in [5, 5.41) is 11.0. The highest BCUT2D eigenvalue weighted by atomic mass is 16.3. The van der Waals surface area contributed by atoms with E-state index < -0.39 is 0 Å². The number of nitrogens with one attached hydrogen (secondary N) is 1. The zero-order chi connectivity index (χ0) is 16.2. The fraction of sp³-hybridized carbons (Fsp3) is 0.158. The third-order valence-electron chi connectivity index (χ3n) is 3.77. The third kappa shape index (κ3) is 3.01. The third-order valence-corrected chi connectivity index (χ3v) is 3.77. The molecule has 0 aliphatic heterocycles. The minimum Gasteiger partial charge on any atom is -0.506 e. The lowest BCUT2D eigenvalue weighted by atomic mass is 10.1.